The topological polar surface area (TPSA) is 43.3 Å². The zero-order valence-corrected chi connectivity index (χ0v) is 9.74. The summed E-state index contributed by atoms with van der Waals surface area (Å²) in [4.78, 5) is 4.49. The van der Waals surface area contributed by atoms with Crippen LogP contribution in [0.4, 0.5) is 5.82 Å². The van der Waals surface area contributed by atoms with Gasteiger partial charge in [0, 0.05) is 17.1 Å². The Morgan fingerprint density at radius 1 is 1.38 bits per heavy atom. The summed E-state index contributed by atoms with van der Waals surface area (Å²) in [6.45, 7) is 0. The first-order valence-corrected chi connectivity index (χ1v) is 6.06. The maximum atomic E-state index is 5.96. The molecule has 0 amide bonds. The Balaban J connectivity index is 2.18. The van der Waals surface area contributed by atoms with Crippen LogP contribution in [0.2, 0.25) is 5.02 Å². The van der Waals surface area contributed by atoms with Crippen molar-refractivity contribution in [1.29, 1.82) is 0 Å². The lowest BCUT2D eigenvalue weighted by Gasteiger charge is -2.07. The predicted molar refractivity (Wildman–Crippen MR) is 65.8 cm³/mol. The summed E-state index contributed by atoms with van der Waals surface area (Å²) in [5, 5.41) is 0.706. The van der Waals surface area contributed by atoms with Crippen LogP contribution in [0, 0.1) is 0 Å². The minimum Gasteiger partial charge on any atom is -0.382 e. The molecule has 3 rings (SSSR count). The molecule has 3 nitrogen and oxygen atoms in total. The van der Waals surface area contributed by atoms with Gasteiger partial charge in [-0.3, -0.25) is 0 Å². The number of nitrogens with two attached hydrogens (primary N) is 1. The van der Waals surface area contributed by atoms with E-state index in [0.717, 1.165) is 11.3 Å². The van der Waals surface area contributed by atoms with Gasteiger partial charge in [-0.25, -0.2) is 4.98 Å². The zero-order valence-electron chi connectivity index (χ0n) is 8.99. The highest BCUT2D eigenvalue weighted by Gasteiger charge is 2.22. The van der Waals surface area contributed by atoms with Gasteiger partial charge in [-0.05, 0) is 25.0 Å². The molecule has 2 aromatic rings. The van der Waals surface area contributed by atoms with Crippen molar-refractivity contribution in [3.8, 4) is 0 Å². The minimum atomic E-state index is 0.561. The highest BCUT2D eigenvalue weighted by Crippen LogP contribution is 2.35. The molecule has 2 aromatic heterocycles. The third kappa shape index (κ3) is 1.47. The van der Waals surface area contributed by atoms with Gasteiger partial charge < -0.3 is 10.1 Å². The maximum Gasteiger partial charge on any atom is 0.149 e. The molecule has 0 atom stereocenters. The average Bonchev–Trinajstić information content (AvgIpc) is 2.87. The van der Waals surface area contributed by atoms with Gasteiger partial charge in [0.1, 0.15) is 11.6 Å². The molecule has 0 radical (unpaired) electrons. The fourth-order valence-electron chi connectivity index (χ4n) is 2.58. The Kier molecular flexibility index (Phi) is 2.28. The van der Waals surface area contributed by atoms with Crippen molar-refractivity contribution < 1.29 is 0 Å². The van der Waals surface area contributed by atoms with E-state index in [-0.39, 0.29) is 0 Å². The van der Waals surface area contributed by atoms with Crippen LogP contribution in [0.1, 0.15) is 37.4 Å². The fraction of sp³-hybridized carbons (Fsp3) is 0.417. The molecular formula is C12H14ClN3. The Morgan fingerprint density at radius 3 is 2.88 bits per heavy atom. The molecule has 0 bridgehead atoms. The number of fused-ring (bicyclic) bond motifs is 1. The third-order valence-corrected chi connectivity index (χ3v) is 3.62. The van der Waals surface area contributed by atoms with Crippen molar-refractivity contribution in [1.82, 2.24) is 9.38 Å². The SMILES string of the molecule is Nc1nc(C2CCCC2)n2ccc(Cl)cc12. The zero-order chi connectivity index (χ0) is 11.1. The van der Waals surface area contributed by atoms with Crippen LogP contribution in [0.25, 0.3) is 5.52 Å². The summed E-state index contributed by atoms with van der Waals surface area (Å²) >= 11 is 5.96. The van der Waals surface area contributed by atoms with Gasteiger partial charge in [0.15, 0.2) is 0 Å². The number of rotatable bonds is 1. The summed E-state index contributed by atoms with van der Waals surface area (Å²) in [5.41, 5.74) is 6.85. The van der Waals surface area contributed by atoms with E-state index in [0.29, 0.717) is 16.8 Å². The van der Waals surface area contributed by atoms with Gasteiger partial charge in [0.05, 0.1) is 5.52 Å². The van der Waals surface area contributed by atoms with E-state index in [1.165, 1.54) is 25.7 Å². The smallest absolute Gasteiger partial charge is 0.149 e. The molecule has 2 heterocycles. The van der Waals surface area contributed by atoms with Crippen LogP contribution in [0.15, 0.2) is 18.3 Å². The molecule has 1 aliphatic rings. The summed E-state index contributed by atoms with van der Waals surface area (Å²) < 4.78 is 2.08. The molecule has 1 saturated carbocycles. The van der Waals surface area contributed by atoms with E-state index < -0.39 is 0 Å². The van der Waals surface area contributed by atoms with Crippen molar-refractivity contribution in [2.24, 2.45) is 0 Å². The maximum absolute atomic E-state index is 5.96. The number of hydrogen-bond donors (Lipinski definition) is 1. The molecule has 0 unspecified atom stereocenters. The number of halogens is 1. The quantitative estimate of drug-likeness (QED) is 0.825. The molecule has 2 N–H and O–H groups in total. The minimum absolute atomic E-state index is 0.561. The molecule has 1 aliphatic carbocycles. The molecule has 1 fully saturated rings. The molecular weight excluding hydrogens is 222 g/mol. The van der Waals surface area contributed by atoms with Crippen molar-refractivity contribution in [2.45, 2.75) is 31.6 Å². The summed E-state index contributed by atoms with van der Waals surface area (Å²) in [7, 11) is 0. The first-order valence-electron chi connectivity index (χ1n) is 5.68. The van der Waals surface area contributed by atoms with Gasteiger partial charge in [-0.2, -0.15) is 0 Å². The van der Waals surface area contributed by atoms with Crippen LogP contribution in [0.3, 0.4) is 0 Å². The highest BCUT2D eigenvalue weighted by atomic mass is 35.5. The monoisotopic (exact) mass is 235 g/mol. The van der Waals surface area contributed by atoms with E-state index >= 15 is 0 Å². The summed E-state index contributed by atoms with van der Waals surface area (Å²) in [6.07, 6.45) is 7.01. The van der Waals surface area contributed by atoms with Gasteiger partial charge in [0.2, 0.25) is 0 Å². The van der Waals surface area contributed by atoms with Crippen LogP contribution in [-0.2, 0) is 0 Å². The largest absolute Gasteiger partial charge is 0.382 e. The molecule has 0 aromatic carbocycles. The van der Waals surface area contributed by atoms with E-state index in [9.17, 15) is 0 Å². The predicted octanol–water partition coefficient (Wildman–Crippen LogP) is 3.23. The van der Waals surface area contributed by atoms with Crippen molar-refractivity contribution in [3.63, 3.8) is 0 Å². The number of nitrogens with zero attached hydrogens (tertiary/aromatic N) is 2. The average molecular weight is 236 g/mol. The van der Waals surface area contributed by atoms with Gasteiger partial charge in [-0.1, -0.05) is 24.4 Å². The second-order valence-corrected chi connectivity index (χ2v) is 4.87. The highest BCUT2D eigenvalue weighted by molar-refractivity contribution is 6.31. The third-order valence-electron chi connectivity index (χ3n) is 3.38. The number of anilines is 1. The Bertz CT molecular complexity index is 526. The number of pyridine rings is 1. The molecule has 0 spiro atoms. The van der Waals surface area contributed by atoms with E-state index in [2.05, 4.69) is 9.38 Å². The molecule has 4 heteroatoms. The van der Waals surface area contributed by atoms with Crippen LogP contribution >= 0.6 is 11.6 Å². The Labute approximate surface area is 99.2 Å². The van der Waals surface area contributed by atoms with Crippen molar-refractivity contribution in [3.05, 3.63) is 29.2 Å². The fourth-order valence-corrected chi connectivity index (χ4v) is 2.74. The van der Waals surface area contributed by atoms with Crippen molar-refractivity contribution in [2.75, 3.05) is 5.73 Å². The van der Waals surface area contributed by atoms with Gasteiger partial charge in [0.25, 0.3) is 0 Å². The van der Waals surface area contributed by atoms with Crippen LogP contribution < -0.4 is 5.73 Å². The number of hydrogen-bond acceptors (Lipinski definition) is 2. The lowest BCUT2D eigenvalue weighted by Crippen LogP contribution is -1.99. The Hall–Kier alpha value is -1.22. The van der Waals surface area contributed by atoms with E-state index in [4.69, 9.17) is 17.3 Å². The van der Waals surface area contributed by atoms with Crippen LogP contribution in [0.5, 0.6) is 0 Å². The van der Waals surface area contributed by atoms with E-state index in [1.807, 2.05) is 18.3 Å². The lowest BCUT2D eigenvalue weighted by atomic mass is 10.1. The second kappa shape index (κ2) is 3.67. The lowest BCUT2D eigenvalue weighted by molar-refractivity contribution is 0.665. The molecule has 84 valence electrons. The molecule has 0 aliphatic heterocycles. The second-order valence-electron chi connectivity index (χ2n) is 4.44. The molecule has 16 heavy (non-hydrogen) atoms. The van der Waals surface area contributed by atoms with E-state index in [1.54, 1.807) is 0 Å². The Morgan fingerprint density at radius 2 is 2.12 bits per heavy atom. The number of imidazole rings is 1. The first-order chi connectivity index (χ1) is 7.75. The van der Waals surface area contributed by atoms with Crippen LogP contribution in [-0.4, -0.2) is 9.38 Å². The number of nitrogen functional groups attached to an aromatic ring is 1. The van der Waals surface area contributed by atoms with Gasteiger partial charge in [-0.15, -0.1) is 0 Å². The standard InChI is InChI=1S/C12H14ClN3/c13-9-5-6-16-10(7-9)11(14)15-12(16)8-3-1-2-4-8/h5-8H,1-4,14H2. The van der Waals surface area contributed by atoms with Crippen molar-refractivity contribution >= 4 is 22.9 Å². The first kappa shape index (κ1) is 9.97. The summed E-state index contributed by atoms with van der Waals surface area (Å²) in [5.74, 6) is 2.25. The normalized spacial score (nSPS) is 17.3. The number of aromatic nitrogens is 2. The molecule has 0 saturated heterocycles. The van der Waals surface area contributed by atoms with Gasteiger partial charge >= 0.3 is 0 Å². The summed E-state index contributed by atoms with van der Waals surface area (Å²) in [6, 6.07) is 3.76.